The van der Waals surface area contributed by atoms with E-state index in [0.717, 1.165) is 31.2 Å². The smallest absolute Gasteiger partial charge is 0.268 e. The maximum Gasteiger partial charge on any atom is 0.268 e. The molecule has 1 aromatic carbocycles. The number of carbonyl (C=O) groups excluding carboxylic acids is 1. The van der Waals surface area contributed by atoms with Gasteiger partial charge in [0, 0.05) is 31.6 Å². The molecule has 0 aliphatic carbocycles. The minimum Gasteiger partial charge on any atom is -0.497 e. The second kappa shape index (κ2) is 6.57. The molecule has 7 heteroatoms. The third kappa shape index (κ3) is 2.88. The zero-order chi connectivity index (χ0) is 18.3. The molecule has 1 amide bonds. The topological polar surface area (TPSA) is 84.6 Å². The van der Waals surface area contributed by atoms with Gasteiger partial charge in [-0.1, -0.05) is 12.1 Å². The molecule has 7 nitrogen and oxygen atoms in total. The standard InChI is InChI=1S/C19H23N5O2/c1-23-9-13-10-24(17-8-21-7-16(22-17)19(20)25)11-15(13)18(23)12-3-5-14(26-2)6-4-12/h3-8,13,15,18H,9-11H2,1-2H3,(H2,20,25)/t13-,15+,18+/m0/s1. The largest absolute Gasteiger partial charge is 0.497 e. The molecule has 3 heterocycles. The van der Waals surface area contributed by atoms with E-state index in [0.29, 0.717) is 17.9 Å². The van der Waals surface area contributed by atoms with Crippen LogP contribution in [0.4, 0.5) is 5.82 Å². The monoisotopic (exact) mass is 353 g/mol. The molecule has 2 aliphatic rings. The molecule has 2 fully saturated rings. The Morgan fingerprint density at radius 1 is 1.19 bits per heavy atom. The lowest BCUT2D eigenvalue weighted by Gasteiger charge is -2.27. The third-order valence-electron chi connectivity index (χ3n) is 5.55. The van der Waals surface area contributed by atoms with Gasteiger partial charge in [-0.25, -0.2) is 4.98 Å². The fourth-order valence-corrected chi connectivity index (χ4v) is 4.37. The molecule has 1 aromatic heterocycles. The lowest BCUT2D eigenvalue weighted by Crippen LogP contribution is -2.30. The maximum absolute atomic E-state index is 11.4. The molecule has 0 spiro atoms. The molecule has 2 N–H and O–H groups in total. The number of primary amides is 1. The number of nitrogens with two attached hydrogens (primary N) is 1. The Labute approximate surface area is 152 Å². The summed E-state index contributed by atoms with van der Waals surface area (Å²) in [4.78, 5) is 24.5. The van der Waals surface area contributed by atoms with E-state index >= 15 is 0 Å². The number of likely N-dealkylation sites (tertiary alicyclic amines) is 1. The Morgan fingerprint density at radius 2 is 1.96 bits per heavy atom. The normalized spacial score (nSPS) is 25.3. The van der Waals surface area contributed by atoms with Crippen molar-refractivity contribution in [2.45, 2.75) is 6.04 Å². The van der Waals surface area contributed by atoms with Gasteiger partial charge < -0.3 is 15.4 Å². The van der Waals surface area contributed by atoms with Crippen LogP contribution in [0, 0.1) is 11.8 Å². The van der Waals surface area contributed by atoms with Gasteiger partial charge in [-0.05, 0) is 30.7 Å². The molecule has 0 unspecified atom stereocenters. The minimum absolute atomic E-state index is 0.211. The number of rotatable bonds is 4. The van der Waals surface area contributed by atoms with Crippen LogP contribution in [-0.4, -0.2) is 54.6 Å². The highest BCUT2D eigenvalue weighted by Crippen LogP contribution is 2.44. The van der Waals surface area contributed by atoms with Gasteiger partial charge in [0.1, 0.15) is 17.3 Å². The van der Waals surface area contributed by atoms with Crippen molar-refractivity contribution in [1.29, 1.82) is 0 Å². The fraction of sp³-hybridized carbons (Fsp3) is 0.421. The first-order valence-corrected chi connectivity index (χ1v) is 8.78. The highest BCUT2D eigenvalue weighted by molar-refractivity contribution is 5.90. The van der Waals surface area contributed by atoms with E-state index < -0.39 is 5.91 Å². The van der Waals surface area contributed by atoms with Crippen LogP contribution in [0.1, 0.15) is 22.1 Å². The van der Waals surface area contributed by atoms with E-state index in [1.807, 2.05) is 12.1 Å². The molecule has 3 atom stereocenters. The van der Waals surface area contributed by atoms with Crippen molar-refractivity contribution >= 4 is 11.7 Å². The quantitative estimate of drug-likeness (QED) is 0.892. The highest BCUT2D eigenvalue weighted by atomic mass is 16.5. The molecule has 2 saturated heterocycles. The van der Waals surface area contributed by atoms with Gasteiger partial charge in [-0.3, -0.25) is 14.7 Å². The average Bonchev–Trinajstić information content (AvgIpc) is 3.18. The maximum atomic E-state index is 11.4. The van der Waals surface area contributed by atoms with Crippen LogP contribution in [0.5, 0.6) is 5.75 Å². The summed E-state index contributed by atoms with van der Waals surface area (Å²) in [6, 6.07) is 8.70. The zero-order valence-corrected chi connectivity index (χ0v) is 15.0. The van der Waals surface area contributed by atoms with Crippen LogP contribution in [0.15, 0.2) is 36.7 Å². The molecule has 0 radical (unpaired) electrons. The Morgan fingerprint density at radius 3 is 2.65 bits per heavy atom. The lowest BCUT2D eigenvalue weighted by molar-refractivity contribution is 0.0995. The third-order valence-corrected chi connectivity index (χ3v) is 5.55. The summed E-state index contributed by atoms with van der Waals surface area (Å²) < 4.78 is 5.28. The first kappa shape index (κ1) is 16.8. The number of anilines is 1. The van der Waals surface area contributed by atoms with Crippen LogP contribution in [0.2, 0.25) is 0 Å². The first-order valence-electron chi connectivity index (χ1n) is 8.78. The van der Waals surface area contributed by atoms with Crippen LogP contribution in [0.3, 0.4) is 0 Å². The number of carbonyl (C=O) groups is 1. The van der Waals surface area contributed by atoms with E-state index in [2.05, 4.69) is 38.9 Å². The molecular formula is C19H23N5O2. The Kier molecular flexibility index (Phi) is 4.24. The van der Waals surface area contributed by atoms with Gasteiger partial charge in [0.05, 0.1) is 19.5 Å². The number of ether oxygens (including phenoxy) is 1. The molecule has 2 aliphatic heterocycles. The molecular weight excluding hydrogens is 330 g/mol. The van der Waals surface area contributed by atoms with Crippen molar-refractivity contribution < 1.29 is 9.53 Å². The summed E-state index contributed by atoms with van der Waals surface area (Å²) in [5.74, 6) is 2.12. The number of nitrogens with zero attached hydrogens (tertiary/aromatic N) is 4. The Balaban J connectivity index is 1.56. The summed E-state index contributed by atoms with van der Waals surface area (Å²) in [6.07, 6.45) is 3.12. The average molecular weight is 353 g/mol. The number of hydrogen-bond acceptors (Lipinski definition) is 6. The van der Waals surface area contributed by atoms with Crippen molar-refractivity contribution in [3.8, 4) is 5.75 Å². The Hall–Kier alpha value is -2.67. The number of benzene rings is 1. The number of aromatic nitrogens is 2. The van der Waals surface area contributed by atoms with Crippen LogP contribution in [-0.2, 0) is 0 Å². The van der Waals surface area contributed by atoms with Gasteiger partial charge in [-0.2, -0.15) is 0 Å². The zero-order valence-electron chi connectivity index (χ0n) is 15.0. The summed E-state index contributed by atoms with van der Waals surface area (Å²) in [5.41, 5.74) is 6.85. The van der Waals surface area contributed by atoms with Crippen molar-refractivity contribution in [2.24, 2.45) is 17.6 Å². The van der Waals surface area contributed by atoms with E-state index in [1.165, 1.54) is 11.8 Å². The van der Waals surface area contributed by atoms with Gasteiger partial charge in [0.25, 0.3) is 5.91 Å². The molecule has 136 valence electrons. The van der Waals surface area contributed by atoms with Gasteiger partial charge in [-0.15, -0.1) is 0 Å². The Bertz CT molecular complexity index is 810. The van der Waals surface area contributed by atoms with Crippen LogP contribution < -0.4 is 15.4 Å². The molecule has 2 aromatic rings. The molecule has 0 saturated carbocycles. The second-order valence-electron chi connectivity index (χ2n) is 7.11. The van der Waals surface area contributed by atoms with Gasteiger partial charge >= 0.3 is 0 Å². The van der Waals surface area contributed by atoms with E-state index in [9.17, 15) is 4.79 Å². The minimum atomic E-state index is -0.547. The van der Waals surface area contributed by atoms with Crippen molar-refractivity contribution in [2.75, 3.05) is 38.7 Å². The predicted octanol–water partition coefficient (Wildman–Crippen LogP) is 1.32. The van der Waals surface area contributed by atoms with E-state index in [1.54, 1.807) is 13.3 Å². The summed E-state index contributed by atoms with van der Waals surface area (Å²) in [7, 11) is 3.87. The molecule has 0 bridgehead atoms. The number of amides is 1. The second-order valence-corrected chi connectivity index (χ2v) is 7.11. The predicted molar refractivity (Wildman–Crippen MR) is 98.1 cm³/mol. The van der Waals surface area contributed by atoms with Crippen LogP contribution >= 0.6 is 0 Å². The van der Waals surface area contributed by atoms with Crippen molar-refractivity contribution in [1.82, 2.24) is 14.9 Å². The van der Waals surface area contributed by atoms with Crippen molar-refractivity contribution in [3.05, 3.63) is 47.9 Å². The lowest BCUT2D eigenvalue weighted by atomic mass is 9.89. The van der Waals surface area contributed by atoms with E-state index in [-0.39, 0.29) is 5.69 Å². The highest BCUT2D eigenvalue weighted by Gasteiger charge is 2.46. The number of fused-ring (bicyclic) bond motifs is 1. The number of methoxy groups -OCH3 is 1. The fourth-order valence-electron chi connectivity index (χ4n) is 4.37. The first-order chi connectivity index (χ1) is 12.6. The molecule has 26 heavy (non-hydrogen) atoms. The van der Waals surface area contributed by atoms with Crippen LogP contribution in [0.25, 0.3) is 0 Å². The number of hydrogen-bond donors (Lipinski definition) is 1. The molecule has 4 rings (SSSR count). The van der Waals surface area contributed by atoms with Crippen molar-refractivity contribution in [3.63, 3.8) is 0 Å². The SMILES string of the molecule is COc1ccc([C@@H]2[C@@H]3CN(c4cncc(C(N)=O)n4)C[C@@H]3CN2C)cc1. The summed E-state index contributed by atoms with van der Waals surface area (Å²) in [6.45, 7) is 2.85. The van der Waals surface area contributed by atoms with Gasteiger partial charge in [0.2, 0.25) is 0 Å². The van der Waals surface area contributed by atoms with E-state index in [4.69, 9.17) is 10.5 Å². The summed E-state index contributed by atoms with van der Waals surface area (Å²) in [5, 5.41) is 0. The van der Waals surface area contributed by atoms with Gasteiger partial charge in [0.15, 0.2) is 0 Å². The summed E-state index contributed by atoms with van der Waals surface area (Å²) >= 11 is 0.